The Morgan fingerprint density at radius 3 is 2.03 bits per heavy atom. The van der Waals surface area contributed by atoms with Gasteiger partial charge in [-0.25, -0.2) is 9.65 Å². The molecule has 3 heterocycles. The standard InChI is InChI=1S/C53H74N7O9PSi/c1-33(2)49(62)57-52-56-48-45(50(63)58-52)55-32-59(48)51-47(68-70(66-29-17-28-54)60(34(3)4)35(5)6)46(69-71(36(7)8,37(9)10)38(11)12)44(67-51)31-65-53(40-18-15-14-16-19-40,41-22-20-39(30-61)21-23-41)42-24-26-43(64-13)27-25-42/h14-16,18-27,32-38,44,46-47,51,61H,17,29-31H2,1-13H3,(H2,56,57,58,62,63)/t44-,46?,47+,51-,53?,70?/m1/s1. The van der Waals surface area contributed by atoms with E-state index in [1.54, 1.807) is 25.5 Å². The lowest BCUT2D eigenvalue weighted by Gasteiger charge is -2.46. The number of nitriles is 1. The molecular weight excluding hydrogens is 938 g/mol. The lowest BCUT2D eigenvalue weighted by molar-refractivity contribution is -0.118. The number of aliphatic hydroxyl groups is 1. The largest absolute Gasteiger partial charge is 0.497 e. The number of hydrogen-bond donors (Lipinski definition) is 3. The quantitative estimate of drug-likeness (QED) is 0.0229. The van der Waals surface area contributed by atoms with Crippen LogP contribution in [0.2, 0.25) is 16.6 Å². The fraction of sp³-hybridized carbons (Fsp3) is 0.528. The topological polar surface area (TPSA) is 195 Å². The van der Waals surface area contributed by atoms with Gasteiger partial charge in [0.05, 0.1) is 45.7 Å². The molecule has 3 unspecified atom stereocenters. The highest BCUT2D eigenvalue weighted by Gasteiger charge is 2.57. The van der Waals surface area contributed by atoms with Gasteiger partial charge in [0.2, 0.25) is 20.2 Å². The first kappa shape index (κ1) is 55.5. The summed E-state index contributed by atoms with van der Waals surface area (Å²) in [6.45, 7) is 25.1. The maximum atomic E-state index is 13.8. The van der Waals surface area contributed by atoms with Crippen LogP contribution in [0.15, 0.2) is 90.0 Å². The van der Waals surface area contributed by atoms with Gasteiger partial charge in [-0.1, -0.05) is 122 Å². The number of rotatable bonds is 24. The Morgan fingerprint density at radius 1 is 0.901 bits per heavy atom. The third-order valence-electron chi connectivity index (χ3n) is 13.4. The second kappa shape index (κ2) is 24.2. The predicted octanol–water partition coefficient (Wildman–Crippen LogP) is 10.3. The Hall–Kier alpha value is -4.86. The zero-order valence-electron chi connectivity index (χ0n) is 43.6. The van der Waals surface area contributed by atoms with E-state index in [4.69, 9.17) is 32.7 Å². The number of amides is 1. The van der Waals surface area contributed by atoms with Crippen molar-refractivity contribution in [3.05, 3.63) is 118 Å². The molecule has 16 nitrogen and oxygen atoms in total. The highest BCUT2D eigenvalue weighted by molar-refractivity contribution is 7.44. The number of aliphatic hydroxyl groups excluding tert-OH is 1. The third kappa shape index (κ3) is 11.8. The van der Waals surface area contributed by atoms with Crippen molar-refractivity contribution >= 4 is 39.9 Å². The first-order valence-electron chi connectivity index (χ1n) is 24.7. The van der Waals surface area contributed by atoms with Crippen molar-refractivity contribution in [2.75, 3.05) is 25.6 Å². The molecule has 3 N–H and O–H groups in total. The van der Waals surface area contributed by atoms with E-state index >= 15 is 0 Å². The molecule has 1 fully saturated rings. The van der Waals surface area contributed by atoms with Gasteiger partial charge in [0.1, 0.15) is 29.7 Å². The molecule has 1 aliphatic heterocycles. The molecule has 0 spiro atoms. The molecule has 384 valence electrons. The minimum atomic E-state index is -2.82. The number of hydrogen-bond acceptors (Lipinski definition) is 13. The number of imidazole rings is 1. The summed E-state index contributed by atoms with van der Waals surface area (Å²) in [5.74, 6) is -0.0747. The zero-order valence-corrected chi connectivity index (χ0v) is 45.5. The molecule has 1 amide bonds. The van der Waals surface area contributed by atoms with Crippen LogP contribution in [0, 0.1) is 17.2 Å². The van der Waals surface area contributed by atoms with Gasteiger partial charge in [0.15, 0.2) is 17.4 Å². The molecule has 6 rings (SSSR count). The highest BCUT2D eigenvalue weighted by atomic mass is 31.2. The fourth-order valence-corrected chi connectivity index (χ4v) is 17.4. The minimum Gasteiger partial charge on any atom is -0.497 e. The maximum Gasteiger partial charge on any atom is 0.280 e. The number of carbonyl (C=O) groups excluding carboxylic acids is 1. The molecule has 18 heteroatoms. The van der Waals surface area contributed by atoms with Gasteiger partial charge < -0.3 is 32.8 Å². The molecule has 71 heavy (non-hydrogen) atoms. The molecule has 0 bridgehead atoms. The van der Waals surface area contributed by atoms with E-state index in [1.807, 2.05) is 78.9 Å². The van der Waals surface area contributed by atoms with Crippen LogP contribution in [-0.2, 0) is 39.9 Å². The van der Waals surface area contributed by atoms with Crippen LogP contribution in [-0.4, -0.2) is 94.2 Å². The Bertz CT molecular complexity index is 2520. The smallest absolute Gasteiger partial charge is 0.280 e. The van der Waals surface area contributed by atoms with Crippen LogP contribution in [0.4, 0.5) is 5.95 Å². The Balaban J connectivity index is 1.63. The van der Waals surface area contributed by atoms with Crippen molar-refractivity contribution in [3.8, 4) is 11.8 Å². The van der Waals surface area contributed by atoms with Crippen molar-refractivity contribution in [3.63, 3.8) is 0 Å². The van der Waals surface area contributed by atoms with Gasteiger partial charge in [0, 0.05) is 18.0 Å². The number of aromatic amines is 1. The second-order valence-electron chi connectivity index (χ2n) is 19.9. The van der Waals surface area contributed by atoms with E-state index in [1.165, 1.54) is 6.33 Å². The van der Waals surface area contributed by atoms with Gasteiger partial charge in [-0.15, -0.1) is 0 Å². The molecule has 1 saturated heterocycles. The number of methoxy groups -OCH3 is 1. The van der Waals surface area contributed by atoms with Gasteiger partial charge in [-0.05, 0) is 78.7 Å². The Kier molecular flexibility index (Phi) is 18.9. The van der Waals surface area contributed by atoms with Crippen LogP contribution >= 0.6 is 8.53 Å². The van der Waals surface area contributed by atoms with Gasteiger partial charge in [-0.3, -0.25) is 24.5 Å². The average Bonchev–Trinajstić information content (AvgIpc) is 3.91. The van der Waals surface area contributed by atoms with Crippen LogP contribution in [0.3, 0.4) is 0 Å². The van der Waals surface area contributed by atoms with Crippen LogP contribution in [0.1, 0.15) is 118 Å². The van der Waals surface area contributed by atoms with Gasteiger partial charge >= 0.3 is 0 Å². The normalized spacial score (nSPS) is 18.9. The molecule has 6 atom stereocenters. The summed E-state index contributed by atoms with van der Waals surface area (Å²) < 4.78 is 46.4. The number of ether oxygens (including phenoxy) is 3. The van der Waals surface area contributed by atoms with E-state index in [9.17, 15) is 20.0 Å². The number of carbonyl (C=O) groups is 1. The Labute approximate surface area is 421 Å². The van der Waals surface area contributed by atoms with Crippen molar-refractivity contribution in [2.45, 2.75) is 155 Å². The van der Waals surface area contributed by atoms with Crippen molar-refractivity contribution in [1.29, 1.82) is 5.26 Å². The number of anilines is 1. The SMILES string of the molecule is COc1ccc(C(OC[C@H]2O[C@@H](n3cnc4c(=O)[nH]c(NC(=O)C(C)C)nc43)[C@@H](OP(OCCC#N)N(C(C)C)C(C)C)C2O[Si](C(C)C)(C(C)C)C(C)C)(c2ccccc2)c2ccc(CO)cc2)cc1. The van der Waals surface area contributed by atoms with Gasteiger partial charge in [0.25, 0.3) is 14.1 Å². The summed E-state index contributed by atoms with van der Waals surface area (Å²) in [7, 11) is -3.09. The summed E-state index contributed by atoms with van der Waals surface area (Å²) in [5.41, 5.74) is 2.06. The number of benzene rings is 3. The van der Waals surface area contributed by atoms with Gasteiger partial charge in [-0.2, -0.15) is 10.2 Å². The summed E-state index contributed by atoms with van der Waals surface area (Å²) in [4.78, 5) is 38.8. The van der Waals surface area contributed by atoms with E-state index < -0.39 is 52.5 Å². The highest BCUT2D eigenvalue weighted by Crippen LogP contribution is 2.54. The predicted molar refractivity (Wildman–Crippen MR) is 279 cm³/mol. The fourth-order valence-electron chi connectivity index (χ4n) is 10.1. The summed E-state index contributed by atoms with van der Waals surface area (Å²) in [5, 5.41) is 22.6. The number of nitrogens with zero attached hydrogens (tertiary/aromatic N) is 5. The number of nitrogens with one attached hydrogen (secondary N) is 2. The first-order chi connectivity index (χ1) is 33.8. The van der Waals surface area contributed by atoms with Crippen molar-refractivity contribution in [2.24, 2.45) is 5.92 Å². The summed E-state index contributed by atoms with van der Waals surface area (Å²) in [6, 6.07) is 27.7. The van der Waals surface area contributed by atoms with Crippen molar-refractivity contribution in [1.82, 2.24) is 24.2 Å². The second-order valence-corrected chi connectivity index (χ2v) is 26.7. The van der Waals surface area contributed by atoms with Crippen LogP contribution in [0.25, 0.3) is 11.2 Å². The summed E-state index contributed by atoms with van der Waals surface area (Å²) >= 11 is 0. The monoisotopic (exact) mass is 1010 g/mol. The third-order valence-corrected chi connectivity index (χ3v) is 21.6. The minimum absolute atomic E-state index is 0.0347. The molecule has 0 aliphatic carbocycles. The van der Waals surface area contributed by atoms with E-state index in [-0.39, 0.29) is 83.9 Å². The van der Waals surface area contributed by atoms with E-state index in [0.29, 0.717) is 5.75 Å². The number of aromatic nitrogens is 4. The molecule has 1 aliphatic rings. The molecule has 3 aromatic carbocycles. The van der Waals surface area contributed by atoms with Crippen molar-refractivity contribution < 1.29 is 37.6 Å². The lowest BCUT2D eigenvalue weighted by Crippen LogP contribution is -2.55. The molecule has 2 aromatic heterocycles. The molecule has 5 aromatic rings. The first-order valence-corrected chi connectivity index (χ1v) is 28.0. The summed E-state index contributed by atoms with van der Waals surface area (Å²) in [6.07, 6.45) is -1.98. The van der Waals surface area contributed by atoms with E-state index in [0.717, 1.165) is 22.3 Å². The maximum absolute atomic E-state index is 13.8. The molecular formula is C53H74N7O9PSi. The number of H-pyrrole nitrogens is 1. The molecule has 0 saturated carbocycles. The number of fused-ring (bicyclic) bond motifs is 1. The van der Waals surface area contributed by atoms with Crippen LogP contribution < -0.4 is 15.6 Å². The zero-order chi connectivity index (χ0) is 51.8. The Morgan fingerprint density at radius 2 is 1.49 bits per heavy atom. The average molecular weight is 1010 g/mol. The molecule has 0 radical (unpaired) electrons. The van der Waals surface area contributed by atoms with Crippen LogP contribution in [0.5, 0.6) is 5.75 Å². The lowest BCUT2D eigenvalue weighted by atomic mass is 9.79. The van der Waals surface area contributed by atoms with E-state index in [2.05, 4.69) is 95.3 Å².